The smallest absolute Gasteiger partial charge is 0.0198 e. The minimum atomic E-state index is 0.108. The standard InChI is InChI=1S/C17H32N2/c1-14(2)7-5-8-15(3)9-6-10-16(4)11-12-17(19)13-18/h7,9,11,17H,5-6,8,10,12-13,18-19H2,1-4H3/b15-9+,16-11+. The van der Waals surface area contributed by atoms with Crippen LogP contribution in [0.15, 0.2) is 34.9 Å². The van der Waals surface area contributed by atoms with Gasteiger partial charge in [0.1, 0.15) is 0 Å². The first-order chi connectivity index (χ1) is 8.95. The number of hydrogen-bond donors (Lipinski definition) is 2. The fraction of sp³-hybridized carbons (Fsp3) is 0.647. The number of hydrogen-bond acceptors (Lipinski definition) is 2. The zero-order valence-corrected chi connectivity index (χ0v) is 13.2. The molecule has 0 aromatic heterocycles. The molecule has 0 aliphatic heterocycles. The summed E-state index contributed by atoms with van der Waals surface area (Å²) in [6, 6.07) is 0.108. The van der Waals surface area contributed by atoms with Gasteiger partial charge in [-0.3, -0.25) is 0 Å². The Morgan fingerprint density at radius 2 is 1.42 bits per heavy atom. The number of rotatable bonds is 9. The molecule has 0 bridgehead atoms. The zero-order valence-electron chi connectivity index (χ0n) is 13.2. The van der Waals surface area contributed by atoms with Crippen LogP contribution in [-0.4, -0.2) is 12.6 Å². The summed E-state index contributed by atoms with van der Waals surface area (Å²) in [4.78, 5) is 0. The molecule has 0 amide bonds. The monoisotopic (exact) mass is 264 g/mol. The molecule has 0 spiro atoms. The van der Waals surface area contributed by atoms with Gasteiger partial charge in [0.25, 0.3) is 0 Å². The molecule has 0 saturated heterocycles. The third kappa shape index (κ3) is 11.9. The second kappa shape index (κ2) is 11.0. The van der Waals surface area contributed by atoms with Gasteiger partial charge in [0.2, 0.25) is 0 Å². The van der Waals surface area contributed by atoms with Crippen LogP contribution < -0.4 is 11.5 Å². The van der Waals surface area contributed by atoms with Crippen molar-refractivity contribution >= 4 is 0 Å². The van der Waals surface area contributed by atoms with E-state index < -0.39 is 0 Å². The van der Waals surface area contributed by atoms with Crippen molar-refractivity contribution in [3.05, 3.63) is 34.9 Å². The Morgan fingerprint density at radius 1 is 0.895 bits per heavy atom. The highest BCUT2D eigenvalue weighted by Crippen LogP contribution is 2.11. The van der Waals surface area contributed by atoms with Crippen molar-refractivity contribution in [1.29, 1.82) is 0 Å². The van der Waals surface area contributed by atoms with E-state index in [9.17, 15) is 0 Å². The molecule has 0 radical (unpaired) electrons. The predicted octanol–water partition coefficient (Wildman–Crippen LogP) is 4.08. The van der Waals surface area contributed by atoms with E-state index in [1.807, 2.05) is 0 Å². The second-order valence-corrected chi connectivity index (χ2v) is 5.69. The lowest BCUT2D eigenvalue weighted by Crippen LogP contribution is -2.28. The maximum Gasteiger partial charge on any atom is 0.0198 e. The highest BCUT2D eigenvalue weighted by atomic mass is 14.7. The molecule has 0 aliphatic carbocycles. The summed E-state index contributed by atoms with van der Waals surface area (Å²) in [5.41, 5.74) is 15.6. The summed E-state index contributed by atoms with van der Waals surface area (Å²) < 4.78 is 0. The predicted molar refractivity (Wildman–Crippen MR) is 87.1 cm³/mol. The first-order valence-corrected chi connectivity index (χ1v) is 7.36. The molecule has 0 aromatic carbocycles. The van der Waals surface area contributed by atoms with Gasteiger partial charge in [-0.1, -0.05) is 34.9 Å². The molecule has 110 valence electrons. The summed E-state index contributed by atoms with van der Waals surface area (Å²) in [5.74, 6) is 0. The third-order valence-corrected chi connectivity index (χ3v) is 3.19. The van der Waals surface area contributed by atoms with Crippen molar-refractivity contribution in [1.82, 2.24) is 0 Å². The lowest BCUT2D eigenvalue weighted by molar-refractivity contribution is 0.688. The Morgan fingerprint density at radius 3 is 1.95 bits per heavy atom. The first-order valence-electron chi connectivity index (χ1n) is 7.36. The van der Waals surface area contributed by atoms with E-state index in [2.05, 4.69) is 45.9 Å². The second-order valence-electron chi connectivity index (χ2n) is 5.69. The van der Waals surface area contributed by atoms with Gasteiger partial charge in [-0.05, 0) is 59.8 Å². The molecule has 0 fully saturated rings. The van der Waals surface area contributed by atoms with Crippen LogP contribution in [0, 0.1) is 0 Å². The van der Waals surface area contributed by atoms with Gasteiger partial charge < -0.3 is 11.5 Å². The van der Waals surface area contributed by atoms with E-state index in [1.165, 1.54) is 23.1 Å². The van der Waals surface area contributed by atoms with Gasteiger partial charge in [0, 0.05) is 12.6 Å². The van der Waals surface area contributed by atoms with E-state index in [-0.39, 0.29) is 6.04 Å². The molecule has 1 atom stereocenters. The van der Waals surface area contributed by atoms with Crippen LogP contribution in [-0.2, 0) is 0 Å². The maximum absolute atomic E-state index is 5.79. The van der Waals surface area contributed by atoms with Gasteiger partial charge in [0.05, 0.1) is 0 Å². The SMILES string of the molecule is CC(C)=CCC/C(C)=C/CC/C(C)=C/CC(N)CN. The Kier molecular flexibility index (Phi) is 10.5. The average Bonchev–Trinajstić information content (AvgIpc) is 2.35. The fourth-order valence-corrected chi connectivity index (χ4v) is 1.79. The van der Waals surface area contributed by atoms with E-state index in [0.717, 1.165) is 25.7 Å². The molecule has 0 aliphatic rings. The summed E-state index contributed by atoms with van der Waals surface area (Å²) in [5, 5.41) is 0. The fourth-order valence-electron chi connectivity index (χ4n) is 1.79. The van der Waals surface area contributed by atoms with E-state index in [1.54, 1.807) is 0 Å². The van der Waals surface area contributed by atoms with Gasteiger partial charge in [-0.25, -0.2) is 0 Å². The summed E-state index contributed by atoms with van der Waals surface area (Å²) in [6.07, 6.45) is 12.4. The van der Waals surface area contributed by atoms with E-state index in [4.69, 9.17) is 11.5 Å². The molecule has 0 rings (SSSR count). The lowest BCUT2D eigenvalue weighted by atomic mass is 10.0. The van der Waals surface area contributed by atoms with Crippen LogP contribution in [0.4, 0.5) is 0 Å². The lowest BCUT2D eigenvalue weighted by Gasteiger charge is -2.05. The van der Waals surface area contributed by atoms with Crippen LogP contribution in [0.1, 0.15) is 59.8 Å². The molecule has 0 heterocycles. The van der Waals surface area contributed by atoms with Crippen molar-refractivity contribution < 1.29 is 0 Å². The van der Waals surface area contributed by atoms with Crippen molar-refractivity contribution in [2.45, 2.75) is 65.8 Å². The molecule has 4 N–H and O–H groups in total. The van der Waals surface area contributed by atoms with Crippen LogP contribution >= 0.6 is 0 Å². The molecule has 1 unspecified atom stereocenters. The Labute approximate surface area is 119 Å². The minimum absolute atomic E-state index is 0.108. The Balaban J connectivity index is 3.89. The third-order valence-electron chi connectivity index (χ3n) is 3.19. The van der Waals surface area contributed by atoms with Crippen molar-refractivity contribution in [2.24, 2.45) is 11.5 Å². The topological polar surface area (TPSA) is 52.0 Å². The van der Waals surface area contributed by atoms with E-state index in [0.29, 0.717) is 6.54 Å². The van der Waals surface area contributed by atoms with Crippen LogP contribution in [0.2, 0.25) is 0 Å². The van der Waals surface area contributed by atoms with Crippen LogP contribution in [0.3, 0.4) is 0 Å². The largest absolute Gasteiger partial charge is 0.329 e. The molecule has 2 heteroatoms. The van der Waals surface area contributed by atoms with Gasteiger partial charge in [-0.2, -0.15) is 0 Å². The first kappa shape index (κ1) is 18.1. The highest BCUT2D eigenvalue weighted by Gasteiger charge is 1.96. The Bertz CT molecular complexity index is 320. The van der Waals surface area contributed by atoms with Crippen molar-refractivity contribution in [3.63, 3.8) is 0 Å². The van der Waals surface area contributed by atoms with Gasteiger partial charge in [-0.15, -0.1) is 0 Å². The summed E-state index contributed by atoms with van der Waals surface area (Å²) in [6.45, 7) is 9.27. The zero-order chi connectivity index (χ0) is 14.7. The summed E-state index contributed by atoms with van der Waals surface area (Å²) in [7, 11) is 0. The number of allylic oxidation sites excluding steroid dienone is 5. The Hall–Kier alpha value is -0.860. The minimum Gasteiger partial charge on any atom is -0.329 e. The van der Waals surface area contributed by atoms with Crippen LogP contribution in [0.5, 0.6) is 0 Å². The van der Waals surface area contributed by atoms with Gasteiger partial charge >= 0.3 is 0 Å². The summed E-state index contributed by atoms with van der Waals surface area (Å²) >= 11 is 0. The highest BCUT2D eigenvalue weighted by molar-refractivity contribution is 5.05. The molecular weight excluding hydrogens is 232 g/mol. The molecule has 0 aromatic rings. The quantitative estimate of drug-likeness (QED) is 0.616. The maximum atomic E-state index is 5.79. The average molecular weight is 264 g/mol. The molecule has 0 saturated carbocycles. The molecular formula is C17H32N2. The van der Waals surface area contributed by atoms with E-state index >= 15 is 0 Å². The van der Waals surface area contributed by atoms with Crippen molar-refractivity contribution in [2.75, 3.05) is 6.54 Å². The normalized spacial score (nSPS) is 14.4. The van der Waals surface area contributed by atoms with Gasteiger partial charge in [0.15, 0.2) is 0 Å². The van der Waals surface area contributed by atoms with Crippen LogP contribution in [0.25, 0.3) is 0 Å². The molecule has 2 nitrogen and oxygen atoms in total. The molecule has 19 heavy (non-hydrogen) atoms. The van der Waals surface area contributed by atoms with Crippen molar-refractivity contribution in [3.8, 4) is 0 Å². The number of nitrogens with two attached hydrogens (primary N) is 2.